The van der Waals surface area contributed by atoms with Gasteiger partial charge in [0.05, 0.1) is 29.4 Å². The number of hydrogen-bond donors (Lipinski definition) is 2. The van der Waals surface area contributed by atoms with E-state index in [0.29, 0.717) is 16.0 Å². The number of pyridine rings is 1. The molecule has 17 heteroatoms. The first-order chi connectivity index (χ1) is 20.9. The summed E-state index contributed by atoms with van der Waals surface area (Å²) in [4.78, 5) is 33.9. The molecule has 1 saturated heterocycles. The summed E-state index contributed by atoms with van der Waals surface area (Å²) >= 11 is 0. The van der Waals surface area contributed by atoms with E-state index in [1.807, 2.05) is 0 Å². The maximum atomic E-state index is 14.8. The molecule has 0 spiro atoms. The lowest BCUT2D eigenvalue weighted by molar-refractivity contribution is -0.162. The van der Waals surface area contributed by atoms with E-state index < -0.39 is 74.5 Å². The van der Waals surface area contributed by atoms with Gasteiger partial charge >= 0.3 is 12.3 Å². The van der Waals surface area contributed by atoms with Crippen molar-refractivity contribution in [2.24, 2.45) is 5.92 Å². The normalized spacial score (nSPS) is 21.8. The molecule has 2 atom stereocenters. The third-order valence-corrected chi connectivity index (χ3v) is 7.02. The van der Waals surface area contributed by atoms with Crippen LogP contribution in [0.25, 0.3) is 16.8 Å². The van der Waals surface area contributed by atoms with Crippen LogP contribution < -0.4 is 15.8 Å². The fourth-order valence-electron chi connectivity index (χ4n) is 5.11. The molecular weight excluding hydrogens is 576 g/mol. The molecular formula is C25H25F6N7O4. The smallest absolute Gasteiger partial charge is 0.422 e. The molecule has 3 aromatic heterocycles. The number of methoxy groups -OCH3 is 1. The Kier molecular flexibility index (Phi) is 6.55. The maximum Gasteiger partial charge on any atom is 0.422 e. The summed E-state index contributed by atoms with van der Waals surface area (Å²) in [6.45, 7) is -3.11. The standard InChI is InChI=1S/C25H25F6N7O4/c1-41-22-15(21(39)36-17-9-37(8-16(17)26)23(40)42-10-25(29,30)31)3-14(7-33-22)18-4-13(2-12-5-24(27,28)6-12)19-20(32)34-11-35-38(18)19/h3-4,7,11-12,16-17H,2,5-6,8-10H2,1H3,(H,36,39)(H2,32,34,35)/t16-,17?/m0/s1/i1D3. The van der Waals surface area contributed by atoms with Crippen LogP contribution in [0.5, 0.6) is 5.88 Å². The second kappa shape index (κ2) is 10.8. The van der Waals surface area contributed by atoms with Crippen LogP contribution in [0.4, 0.5) is 37.0 Å². The van der Waals surface area contributed by atoms with Crippen LogP contribution in [0.15, 0.2) is 24.7 Å². The average molecular weight is 605 g/mol. The lowest BCUT2D eigenvalue weighted by Crippen LogP contribution is -2.42. The van der Waals surface area contributed by atoms with Gasteiger partial charge < -0.3 is 25.4 Å². The van der Waals surface area contributed by atoms with Crippen LogP contribution in [0.2, 0.25) is 0 Å². The molecule has 1 saturated carbocycles. The molecule has 42 heavy (non-hydrogen) atoms. The number of aromatic nitrogens is 4. The number of rotatable bonds is 7. The van der Waals surface area contributed by atoms with Crippen LogP contribution in [-0.2, 0) is 11.2 Å². The van der Waals surface area contributed by atoms with Crippen LogP contribution in [0.1, 0.15) is 32.9 Å². The number of halogens is 6. The maximum absolute atomic E-state index is 14.8. The number of alkyl halides is 6. The van der Waals surface area contributed by atoms with E-state index in [1.54, 1.807) is 6.07 Å². The molecule has 2 fully saturated rings. The highest BCUT2D eigenvalue weighted by Gasteiger charge is 2.45. The van der Waals surface area contributed by atoms with Crippen molar-refractivity contribution in [3.8, 4) is 17.1 Å². The number of nitrogens with zero attached hydrogens (tertiary/aromatic N) is 5. The van der Waals surface area contributed by atoms with Gasteiger partial charge in [-0.25, -0.2) is 32.4 Å². The van der Waals surface area contributed by atoms with Gasteiger partial charge in [0.25, 0.3) is 5.91 Å². The van der Waals surface area contributed by atoms with E-state index in [0.717, 1.165) is 6.33 Å². The number of carbonyl (C=O) groups excluding carboxylic acids is 2. The summed E-state index contributed by atoms with van der Waals surface area (Å²) in [5.74, 6) is -4.77. The average Bonchev–Trinajstić information content (AvgIpc) is 3.46. The Morgan fingerprint density at radius 1 is 1.24 bits per heavy atom. The number of amides is 2. The van der Waals surface area contributed by atoms with Gasteiger partial charge in [0.15, 0.2) is 12.4 Å². The molecule has 1 unspecified atom stereocenters. The van der Waals surface area contributed by atoms with Crippen LogP contribution in [0, 0.1) is 5.92 Å². The topological polar surface area (TPSA) is 137 Å². The van der Waals surface area contributed by atoms with Crippen molar-refractivity contribution in [1.29, 1.82) is 0 Å². The predicted octanol–water partition coefficient (Wildman–Crippen LogP) is 3.42. The second-order valence-corrected chi connectivity index (χ2v) is 10.1. The highest BCUT2D eigenvalue weighted by atomic mass is 19.4. The lowest BCUT2D eigenvalue weighted by atomic mass is 9.77. The molecule has 4 heterocycles. The van der Waals surface area contributed by atoms with Crippen molar-refractivity contribution in [3.63, 3.8) is 0 Å². The summed E-state index contributed by atoms with van der Waals surface area (Å²) < 4.78 is 112. The van der Waals surface area contributed by atoms with Crippen LogP contribution >= 0.6 is 0 Å². The molecule has 5 rings (SSSR count). The van der Waals surface area contributed by atoms with Gasteiger partial charge in [0, 0.05) is 31.1 Å². The molecule has 0 radical (unpaired) electrons. The molecule has 1 aliphatic heterocycles. The van der Waals surface area contributed by atoms with Gasteiger partial charge in [-0.05, 0) is 30.0 Å². The first-order valence-corrected chi connectivity index (χ1v) is 12.5. The minimum Gasteiger partial charge on any atom is -0.480 e. The number of anilines is 1. The van der Waals surface area contributed by atoms with Gasteiger partial charge in [0.1, 0.15) is 23.6 Å². The Labute approximate surface area is 238 Å². The van der Waals surface area contributed by atoms with E-state index in [-0.39, 0.29) is 42.3 Å². The molecule has 2 aliphatic rings. The molecule has 3 aromatic rings. The Hall–Kier alpha value is -4.31. The molecule has 0 aromatic carbocycles. The summed E-state index contributed by atoms with van der Waals surface area (Å²) in [7, 11) is -3.06. The number of nitrogens with two attached hydrogens (primary N) is 1. The van der Waals surface area contributed by atoms with Gasteiger partial charge in [-0.3, -0.25) is 4.79 Å². The second-order valence-electron chi connectivity index (χ2n) is 10.1. The van der Waals surface area contributed by atoms with Crippen molar-refractivity contribution in [3.05, 3.63) is 35.8 Å². The fraction of sp³-hybridized carbons (Fsp3) is 0.480. The Morgan fingerprint density at radius 2 is 2.00 bits per heavy atom. The van der Waals surface area contributed by atoms with Crippen molar-refractivity contribution >= 4 is 23.3 Å². The van der Waals surface area contributed by atoms with Gasteiger partial charge in [-0.15, -0.1) is 0 Å². The van der Waals surface area contributed by atoms with E-state index in [4.69, 9.17) is 14.6 Å². The van der Waals surface area contributed by atoms with Gasteiger partial charge in [-0.1, -0.05) is 0 Å². The fourth-order valence-corrected chi connectivity index (χ4v) is 5.11. The number of hydrogen-bond acceptors (Lipinski definition) is 8. The Bertz CT molecular complexity index is 1610. The highest BCUT2D eigenvalue weighted by molar-refractivity contribution is 5.98. The molecule has 0 bridgehead atoms. The van der Waals surface area contributed by atoms with Crippen LogP contribution in [-0.4, -0.2) is 87.5 Å². The molecule has 1 aliphatic carbocycles. The number of nitrogen functional groups attached to an aromatic ring is 1. The first-order valence-electron chi connectivity index (χ1n) is 14.0. The minimum absolute atomic E-state index is 0.0548. The quantitative estimate of drug-likeness (QED) is 0.392. The third-order valence-electron chi connectivity index (χ3n) is 7.02. The predicted molar refractivity (Wildman–Crippen MR) is 134 cm³/mol. The van der Waals surface area contributed by atoms with Gasteiger partial charge in [-0.2, -0.15) is 18.3 Å². The van der Waals surface area contributed by atoms with Crippen molar-refractivity contribution in [1.82, 2.24) is 29.8 Å². The highest BCUT2D eigenvalue weighted by Crippen LogP contribution is 2.45. The lowest BCUT2D eigenvalue weighted by Gasteiger charge is -2.34. The van der Waals surface area contributed by atoms with E-state index in [2.05, 4.69) is 25.1 Å². The molecule has 11 nitrogen and oxygen atoms in total. The number of carbonyl (C=O) groups is 2. The van der Waals surface area contributed by atoms with Crippen molar-refractivity contribution in [2.45, 2.75) is 43.6 Å². The SMILES string of the molecule is [2H]C([2H])([2H])Oc1ncc(-c2cc(CC3CC(F)(F)C3)c3c(N)ncnn23)cc1C(=O)NC1CN(C(=O)OCC(F)(F)F)C[C@@H]1F. The summed E-state index contributed by atoms with van der Waals surface area (Å²) in [5, 5.41) is 6.48. The first kappa shape index (κ1) is 25.4. The Morgan fingerprint density at radius 3 is 2.69 bits per heavy atom. The summed E-state index contributed by atoms with van der Waals surface area (Å²) in [6.07, 6.45) is -6.23. The van der Waals surface area contributed by atoms with E-state index in [1.165, 1.54) is 16.8 Å². The number of ether oxygens (including phenoxy) is 2. The van der Waals surface area contributed by atoms with Crippen molar-refractivity contribution < 1.29 is 49.5 Å². The van der Waals surface area contributed by atoms with Crippen molar-refractivity contribution in [2.75, 3.05) is 32.5 Å². The summed E-state index contributed by atoms with van der Waals surface area (Å²) in [6, 6.07) is 1.37. The minimum atomic E-state index is -4.80. The third kappa shape index (κ3) is 5.99. The van der Waals surface area contributed by atoms with Gasteiger partial charge in [0.2, 0.25) is 11.8 Å². The molecule has 3 N–H and O–H groups in total. The number of likely N-dealkylation sites (tertiary alicyclic amines) is 1. The zero-order valence-corrected chi connectivity index (χ0v) is 21.5. The molecule has 226 valence electrons. The zero-order chi connectivity index (χ0) is 32.9. The van der Waals surface area contributed by atoms with E-state index >= 15 is 0 Å². The van der Waals surface area contributed by atoms with E-state index in [9.17, 15) is 35.9 Å². The zero-order valence-electron chi connectivity index (χ0n) is 24.5. The number of fused-ring (bicyclic) bond motifs is 1. The summed E-state index contributed by atoms with van der Waals surface area (Å²) in [5.41, 5.74) is 6.94. The largest absolute Gasteiger partial charge is 0.480 e. The molecule has 2 amide bonds. The van der Waals surface area contributed by atoms with Crippen LogP contribution in [0.3, 0.4) is 0 Å². The Balaban J connectivity index is 1.43. The number of nitrogens with one attached hydrogen (secondary N) is 1. The monoisotopic (exact) mass is 604 g/mol.